The van der Waals surface area contributed by atoms with Crippen LogP contribution in [0, 0.1) is 52.4 Å². The van der Waals surface area contributed by atoms with Crippen molar-refractivity contribution < 1.29 is 82.7 Å². The number of halogens is 15. The molecule has 2 aromatic rings. The number of rotatable bonds is 4. The van der Waals surface area contributed by atoms with E-state index in [1.165, 1.54) is 0 Å². The summed E-state index contributed by atoms with van der Waals surface area (Å²) in [6.45, 7) is 0. The van der Waals surface area contributed by atoms with Gasteiger partial charge in [-0.2, -0.15) is 26.3 Å². The lowest BCUT2D eigenvalue weighted by molar-refractivity contribution is -0.0473. The molecule has 0 radical (unpaired) electrons. The van der Waals surface area contributed by atoms with E-state index < -0.39 is 104 Å². The quantitative estimate of drug-likeness (QED) is 0.268. The van der Waals surface area contributed by atoms with Crippen LogP contribution in [0.1, 0.15) is 10.1 Å². The number of alkyl halides is 6. The topological polar surface area (TPSA) is 68.3 Å². The summed E-state index contributed by atoms with van der Waals surface area (Å²) >= 11 is 0. The molecule has 0 aromatic heterocycles. The average molecular weight is 594 g/mol. The zero-order valence-electron chi connectivity index (χ0n) is 15.7. The Bertz CT molecular complexity index is 1370. The van der Waals surface area contributed by atoms with Crippen LogP contribution >= 0.6 is 0 Å². The van der Waals surface area contributed by atoms with Crippen molar-refractivity contribution in [2.75, 3.05) is 0 Å². The number of hydrogen-bond acceptors (Lipinski definition) is 4. The Morgan fingerprint density at radius 2 is 0.639 bits per heavy atom. The van der Waals surface area contributed by atoms with Crippen LogP contribution in [0.2, 0.25) is 0 Å². The van der Waals surface area contributed by atoms with Gasteiger partial charge in [-0.25, -0.2) is 56.3 Å². The Kier molecular flexibility index (Phi) is 7.13. The second kappa shape index (κ2) is 8.70. The van der Waals surface area contributed by atoms with Crippen molar-refractivity contribution in [2.45, 2.75) is 15.6 Å². The first kappa shape index (κ1) is 29.5. The number of benzene rings is 2. The van der Waals surface area contributed by atoms with Gasteiger partial charge in [-0.15, -0.1) is 0 Å². The van der Waals surface area contributed by atoms with Gasteiger partial charge < -0.3 is 0 Å². The fourth-order valence-corrected chi connectivity index (χ4v) is 6.13. The predicted molar refractivity (Wildman–Crippen MR) is 84.2 cm³/mol. The Balaban J connectivity index is 3.19. The molecule has 21 heteroatoms. The summed E-state index contributed by atoms with van der Waals surface area (Å²) in [6, 6.07) is 0. The molecule has 0 N–H and O–H groups in total. The van der Waals surface area contributed by atoms with E-state index in [0.717, 1.165) is 0 Å². The van der Waals surface area contributed by atoms with Gasteiger partial charge in [-0.3, -0.25) is 0 Å². The van der Waals surface area contributed by atoms with Crippen LogP contribution in [-0.2, 0) is 19.7 Å². The summed E-state index contributed by atoms with van der Waals surface area (Å²) in [6.07, 6.45) is 0. The minimum atomic E-state index is -7.96. The molecule has 36 heavy (non-hydrogen) atoms. The fourth-order valence-electron chi connectivity index (χ4n) is 2.62. The molecule has 0 aliphatic carbocycles. The van der Waals surface area contributed by atoms with E-state index in [1.54, 1.807) is 0 Å². The van der Waals surface area contributed by atoms with Crippen LogP contribution in [0.25, 0.3) is 11.1 Å². The zero-order chi connectivity index (χ0) is 28.5. The van der Waals surface area contributed by atoms with Crippen molar-refractivity contribution in [3.63, 3.8) is 0 Å². The van der Waals surface area contributed by atoms with E-state index in [2.05, 4.69) is 0 Å². The van der Waals surface area contributed by atoms with Gasteiger partial charge >= 0.3 is 11.0 Å². The monoisotopic (exact) mass is 594 g/mol. The summed E-state index contributed by atoms with van der Waals surface area (Å²) in [5.74, 6) is -29.9. The Hall–Kier alpha value is -2.71. The van der Waals surface area contributed by atoms with Crippen molar-refractivity contribution in [3.05, 3.63) is 57.9 Å². The van der Waals surface area contributed by atoms with Crippen LogP contribution < -0.4 is 0 Å². The molecule has 2 rings (SSSR count). The van der Waals surface area contributed by atoms with Gasteiger partial charge in [-0.1, -0.05) is 0 Å². The molecule has 0 fully saturated rings. The van der Waals surface area contributed by atoms with E-state index in [-0.39, 0.29) is 0 Å². The maximum Gasteiger partial charge on any atom is 0.499 e. The highest BCUT2D eigenvalue weighted by Gasteiger charge is 2.65. The third-order valence-electron chi connectivity index (χ3n) is 4.20. The van der Waals surface area contributed by atoms with Crippen LogP contribution in [0.15, 0.2) is 0 Å². The Labute approximate surface area is 187 Å². The highest BCUT2D eigenvalue weighted by Crippen LogP contribution is 2.48. The first-order valence-electron chi connectivity index (χ1n) is 7.92. The van der Waals surface area contributed by atoms with Gasteiger partial charge in [0.05, 0.1) is 16.7 Å². The van der Waals surface area contributed by atoms with Gasteiger partial charge in [-0.05, 0) is 0 Å². The average Bonchev–Trinajstić information content (AvgIpc) is 2.72. The molecular formula is C15HF15O4S2. The molecule has 0 atom stereocenters. The lowest BCUT2D eigenvalue weighted by atomic mass is 9.99. The molecule has 0 aliphatic rings. The van der Waals surface area contributed by atoms with Crippen LogP contribution in [-0.4, -0.2) is 27.9 Å². The van der Waals surface area contributed by atoms with Crippen LogP contribution in [0.4, 0.5) is 65.9 Å². The van der Waals surface area contributed by atoms with Crippen molar-refractivity contribution in [1.29, 1.82) is 0 Å². The van der Waals surface area contributed by atoms with Crippen LogP contribution in [0.3, 0.4) is 0 Å². The van der Waals surface area contributed by atoms with Gasteiger partial charge in [0.2, 0.25) is 10.4 Å². The summed E-state index contributed by atoms with van der Waals surface area (Å²) < 4.78 is 243. The largest absolute Gasteiger partial charge is 0.499 e. The third-order valence-corrected chi connectivity index (χ3v) is 8.61. The number of sulfone groups is 2. The second-order valence-corrected chi connectivity index (χ2v) is 10.7. The molecule has 0 amide bonds. The van der Waals surface area contributed by atoms with E-state index in [0.29, 0.717) is 0 Å². The van der Waals surface area contributed by atoms with Gasteiger partial charge in [0, 0.05) is 0 Å². The first-order valence-corrected chi connectivity index (χ1v) is 11.0. The summed E-state index contributed by atoms with van der Waals surface area (Å²) in [5, 5.41) is 0. The summed E-state index contributed by atoms with van der Waals surface area (Å²) in [5.41, 5.74) is -23.6. The predicted octanol–water partition coefficient (Wildman–Crippen LogP) is 5.47. The third kappa shape index (κ3) is 4.14. The molecule has 0 saturated carbocycles. The first-order chi connectivity index (χ1) is 15.9. The molecule has 4 nitrogen and oxygen atoms in total. The molecule has 0 spiro atoms. The molecule has 0 aliphatic heterocycles. The van der Waals surface area contributed by atoms with E-state index in [4.69, 9.17) is 0 Å². The fraction of sp³-hybridized carbons (Fsp3) is 0.200. The summed E-state index contributed by atoms with van der Waals surface area (Å²) in [4.78, 5) is 0. The lowest BCUT2D eigenvalue weighted by Crippen LogP contribution is -2.40. The second-order valence-electron chi connectivity index (χ2n) is 6.30. The number of hydrogen-bond donors (Lipinski definition) is 0. The normalized spacial score (nSPS) is 13.6. The van der Waals surface area contributed by atoms with Crippen molar-refractivity contribution >= 4 is 19.7 Å². The van der Waals surface area contributed by atoms with Crippen molar-refractivity contribution in [3.8, 4) is 11.1 Å². The smallest absolute Gasteiger partial charge is 0.218 e. The minimum Gasteiger partial charge on any atom is -0.218 e. The van der Waals surface area contributed by atoms with E-state index in [9.17, 15) is 82.7 Å². The zero-order valence-corrected chi connectivity index (χ0v) is 17.3. The molecule has 0 bridgehead atoms. The molecule has 2 aromatic carbocycles. The van der Waals surface area contributed by atoms with Crippen molar-refractivity contribution in [1.82, 2.24) is 0 Å². The maximum atomic E-state index is 14.5. The lowest BCUT2D eigenvalue weighted by Gasteiger charge is -2.23. The molecule has 202 valence electrons. The van der Waals surface area contributed by atoms with Crippen LogP contribution in [0.5, 0.6) is 0 Å². The van der Waals surface area contributed by atoms with Crippen molar-refractivity contribution in [2.24, 2.45) is 0 Å². The molecule has 0 saturated heterocycles. The Morgan fingerprint density at radius 3 is 0.889 bits per heavy atom. The molecular weight excluding hydrogens is 593 g/mol. The minimum absolute atomic E-state index is 2.83. The summed E-state index contributed by atoms with van der Waals surface area (Å²) in [7, 11) is -15.9. The highest BCUT2D eigenvalue weighted by molar-refractivity contribution is 8.09. The SMILES string of the molecule is O=S(=O)(C(c1c(F)c(F)c(-c2c(F)c(F)c(F)c(F)c2F)c(F)c1F)S(=O)(=O)C(F)(F)F)C(F)(F)F. The highest BCUT2D eigenvalue weighted by atomic mass is 32.3. The van der Waals surface area contributed by atoms with Gasteiger partial charge in [0.1, 0.15) is 0 Å². The van der Waals surface area contributed by atoms with Gasteiger partial charge in [0.25, 0.3) is 19.7 Å². The molecule has 0 unspecified atom stereocenters. The Morgan fingerprint density at radius 1 is 0.417 bits per heavy atom. The molecule has 0 heterocycles. The van der Waals surface area contributed by atoms with Gasteiger partial charge in [0.15, 0.2) is 46.5 Å². The maximum absolute atomic E-state index is 14.5. The van der Waals surface area contributed by atoms with E-state index in [1.807, 2.05) is 0 Å². The van der Waals surface area contributed by atoms with E-state index >= 15 is 0 Å². The standard InChI is InChI=1S/C15HF15O4S2/c16-4-1(2-6(18)10(22)12(24)11(23)7(2)19)5(17)9(21)3(8(4)20)13(35(31,32)14(25,26)27)36(33,34)15(28,29)30/h13H.